The highest BCUT2D eigenvalue weighted by molar-refractivity contribution is 6.06. The Labute approximate surface area is 133 Å². The van der Waals surface area contributed by atoms with Gasteiger partial charge in [-0.3, -0.25) is 9.89 Å². The lowest BCUT2D eigenvalue weighted by molar-refractivity contribution is 0.0748. The lowest BCUT2D eigenvalue weighted by Gasteiger charge is -2.35. The zero-order valence-electron chi connectivity index (χ0n) is 12.6. The molecule has 6 nitrogen and oxygen atoms in total. The predicted molar refractivity (Wildman–Crippen MR) is 88.4 cm³/mol. The number of nitrogens with zero attached hydrogens (tertiary/aromatic N) is 4. The highest BCUT2D eigenvalue weighted by atomic mass is 16.2. The molecule has 116 valence electrons. The molecule has 1 N–H and O–H groups in total. The number of amides is 1. The van der Waals surface area contributed by atoms with Crippen LogP contribution in [-0.4, -0.2) is 52.2 Å². The molecule has 1 aliphatic heterocycles. The third-order valence-electron chi connectivity index (χ3n) is 4.26. The smallest absolute Gasteiger partial charge is 0.254 e. The number of nitrogens with one attached hydrogen (secondary N) is 1. The standard InChI is InChI=1S/C17H17N5O/c23-17(13-4-3-5-15-14(13)12-19-20-15)22-10-8-21(9-11-22)16-6-1-2-7-18-16/h1-7,12H,8-11H2,(H,19,20). The lowest BCUT2D eigenvalue weighted by atomic mass is 10.1. The van der Waals surface area contributed by atoms with E-state index in [1.807, 2.05) is 41.3 Å². The van der Waals surface area contributed by atoms with Crippen molar-refractivity contribution in [2.24, 2.45) is 0 Å². The van der Waals surface area contributed by atoms with Gasteiger partial charge < -0.3 is 9.80 Å². The van der Waals surface area contributed by atoms with Crippen LogP contribution >= 0.6 is 0 Å². The maximum Gasteiger partial charge on any atom is 0.254 e. The molecule has 3 heterocycles. The molecule has 0 saturated carbocycles. The van der Waals surface area contributed by atoms with Gasteiger partial charge in [-0.05, 0) is 24.3 Å². The number of carbonyl (C=O) groups excluding carboxylic acids is 1. The Bertz CT molecular complexity index is 821. The number of fused-ring (bicyclic) bond motifs is 1. The monoisotopic (exact) mass is 307 g/mol. The van der Waals surface area contributed by atoms with Crippen molar-refractivity contribution in [2.45, 2.75) is 0 Å². The number of piperazine rings is 1. The van der Waals surface area contributed by atoms with Crippen LogP contribution in [0.2, 0.25) is 0 Å². The van der Waals surface area contributed by atoms with Gasteiger partial charge in [0.2, 0.25) is 0 Å². The van der Waals surface area contributed by atoms with Crippen LogP contribution in [0.15, 0.2) is 48.8 Å². The van der Waals surface area contributed by atoms with Crippen molar-refractivity contribution in [2.75, 3.05) is 31.1 Å². The van der Waals surface area contributed by atoms with E-state index in [-0.39, 0.29) is 5.91 Å². The first-order valence-electron chi connectivity index (χ1n) is 7.70. The van der Waals surface area contributed by atoms with Crippen LogP contribution < -0.4 is 4.90 Å². The average molecular weight is 307 g/mol. The summed E-state index contributed by atoms with van der Waals surface area (Å²) in [5.41, 5.74) is 1.60. The van der Waals surface area contributed by atoms with Crippen molar-refractivity contribution < 1.29 is 4.79 Å². The van der Waals surface area contributed by atoms with E-state index >= 15 is 0 Å². The highest BCUT2D eigenvalue weighted by Gasteiger charge is 2.24. The third-order valence-corrected chi connectivity index (χ3v) is 4.26. The number of H-pyrrole nitrogens is 1. The Kier molecular flexibility index (Phi) is 3.42. The molecule has 1 amide bonds. The van der Waals surface area contributed by atoms with Crippen LogP contribution in [0.4, 0.5) is 5.82 Å². The topological polar surface area (TPSA) is 65.1 Å². The Balaban J connectivity index is 1.50. The normalized spacial score (nSPS) is 15.1. The second-order valence-electron chi connectivity index (χ2n) is 5.60. The van der Waals surface area contributed by atoms with E-state index in [0.29, 0.717) is 18.7 Å². The van der Waals surface area contributed by atoms with Gasteiger partial charge in [0.1, 0.15) is 5.82 Å². The fraction of sp³-hybridized carbons (Fsp3) is 0.235. The van der Waals surface area contributed by atoms with Crippen LogP contribution in [0.25, 0.3) is 10.9 Å². The molecular formula is C17H17N5O. The number of aromatic amines is 1. The van der Waals surface area contributed by atoms with Crippen molar-refractivity contribution in [3.05, 3.63) is 54.4 Å². The summed E-state index contributed by atoms with van der Waals surface area (Å²) in [6.45, 7) is 2.99. The van der Waals surface area contributed by atoms with E-state index in [9.17, 15) is 4.79 Å². The van der Waals surface area contributed by atoms with Crippen LogP contribution in [0, 0.1) is 0 Å². The largest absolute Gasteiger partial charge is 0.353 e. The minimum absolute atomic E-state index is 0.0673. The van der Waals surface area contributed by atoms with Gasteiger partial charge in [0.25, 0.3) is 5.91 Å². The lowest BCUT2D eigenvalue weighted by Crippen LogP contribution is -2.49. The number of aromatic nitrogens is 3. The minimum atomic E-state index is 0.0673. The van der Waals surface area contributed by atoms with Crippen LogP contribution in [-0.2, 0) is 0 Å². The van der Waals surface area contributed by atoms with Gasteiger partial charge in [-0.1, -0.05) is 12.1 Å². The molecule has 0 radical (unpaired) electrons. The average Bonchev–Trinajstić information content (AvgIpc) is 3.11. The molecule has 0 bridgehead atoms. The molecule has 3 aromatic rings. The first kappa shape index (κ1) is 13.8. The summed E-state index contributed by atoms with van der Waals surface area (Å²) < 4.78 is 0. The van der Waals surface area contributed by atoms with Crippen LogP contribution in [0.3, 0.4) is 0 Å². The summed E-state index contributed by atoms with van der Waals surface area (Å²) in [4.78, 5) is 21.3. The summed E-state index contributed by atoms with van der Waals surface area (Å²) in [6.07, 6.45) is 3.51. The molecule has 0 atom stereocenters. The van der Waals surface area contributed by atoms with Crippen molar-refractivity contribution in [3.8, 4) is 0 Å². The number of pyridine rings is 1. The maximum absolute atomic E-state index is 12.8. The second kappa shape index (κ2) is 5.72. The predicted octanol–water partition coefficient (Wildman–Crippen LogP) is 1.92. The Morgan fingerprint density at radius 2 is 1.91 bits per heavy atom. The molecule has 1 fully saturated rings. The van der Waals surface area contributed by atoms with Crippen molar-refractivity contribution >= 4 is 22.6 Å². The molecule has 1 saturated heterocycles. The van der Waals surface area contributed by atoms with E-state index in [1.165, 1.54) is 0 Å². The molecule has 23 heavy (non-hydrogen) atoms. The fourth-order valence-corrected chi connectivity index (χ4v) is 3.00. The van der Waals surface area contributed by atoms with Gasteiger partial charge in [0.15, 0.2) is 0 Å². The zero-order chi connectivity index (χ0) is 15.6. The van der Waals surface area contributed by atoms with Crippen LogP contribution in [0.5, 0.6) is 0 Å². The fourth-order valence-electron chi connectivity index (χ4n) is 3.00. The molecule has 1 aromatic carbocycles. The Morgan fingerprint density at radius 1 is 1.04 bits per heavy atom. The van der Waals surface area contributed by atoms with Crippen LogP contribution in [0.1, 0.15) is 10.4 Å². The molecule has 0 aliphatic carbocycles. The van der Waals surface area contributed by atoms with E-state index in [1.54, 1.807) is 12.4 Å². The highest BCUT2D eigenvalue weighted by Crippen LogP contribution is 2.19. The summed E-state index contributed by atoms with van der Waals surface area (Å²) in [6, 6.07) is 11.6. The summed E-state index contributed by atoms with van der Waals surface area (Å²) in [7, 11) is 0. The number of carbonyl (C=O) groups is 1. The van der Waals surface area contributed by atoms with Gasteiger partial charge >= 0.3 is 0 Å². The molecule has 2 aromatic heterocycles. The number of rotatable bonds is 2. The summed E-state index contributed by atoms with van der Waals surface area (Å²) in [5, 5.41) is 7.82. The van der Waals surface area contributed by atoms with Gasteiger partial charge in [-0.15, -0.1) is 0 Å². The Morgan fingerprint density at radius 3 is 2.70 bits per heavy atom. The second-order valence-corrected chi connectivity index (χ2v) is 5.60. The zero-order valence-corrected chi connectivity index (χ0v) is 12.6. The Hall–Kier alpha value is -2.89. The van der Waals surface area contributed by atoms with E-state index in [4.69, 9.17) is 0 Å². The van der Waals surface area contributed by atoms with Gasteiger partial charge in [-0.25, -0.2) is 4.98 Å². The molecule has 4 rings (SSSR count). The van der Waals surface area contributed by atoms with Crippen molar-refractivity contribution in [1.29, 1.82) is 0 Å². The number of hydrogen-bond donors (Lipinski definition) is 1. The quantitative estimate of drug-likeness (QED) is 0.785. The minimum Gasteiger partial charge on any atom is -0.353 e. The van der Waals surface area contributed by atoms with E-state index in [2.05, 4.69) is 20.1 Å². The first-order chi connectivity index (χ1) is 11.3. The first-order valence-corrected chi connectivity index (χ1v) is 7.70. The van der Waals surface area contributed by atoms with E-state index in [0.717, 1.165) is 29.8 Å². The SMILES string of the molecule is O=C(c1cccc2[nH]ncc12)N1CCN(c2ccccn2)CC1. The molecular weight excluding hydrogens is 290 g/mol. The molecule has 6 heteroatoms. The van der Waals surface area contributed by atoms with Gasteiger partial charge in [0.05, 0.1) is 17.3 Å². The number of hydrogen-bond acceptors (Lipinski definition) is 4. The summed E-state index contributed by atoms with van der Waals surface area (Å²) in [5.74, 6) is 1.04. The number of anilines is 1. The maximum atomic E-state index is 12.8. The van der Waals surface area contributed by atoms with Gasteiger partial charge in [-0.2, -0.15) is 5.10 Å². The van der Waals surface area contributed by atoms with E-state index < -0.39 is 0 Å². The molecule has 1 aliphatic rings. The molecule has 0 unspecified atom stereocenters. The van der Waals surface area contributed by atoms with Crippen molar-refractivity contribution in [3.63, 3.8) is 0 Å². The number of benzene rings is 1. The third kappa shape index (κ3) is 2.52. The van der Waals surface area contributed by atoms with Crippen molar-refractivity contribution in [1.82, 2.24) is 20.1 Å². The summed E-state index contributed by atoms with van der Waals surface area (Å²) >= 11 is 0. The molecule has 0 spiro atoms. The van der Waals surface area contributed by atoms with Gasteiger partial charge in [0, 0.05) is 37.8 Å².